The van der Waals surface area contributed by atoms with Crippen LogP contribution in [0.3, 0.4) is 0 Å². The van der Waals surface area contributed by atoms with Gasteiger partial charge in [-0.25, -0.2) is 0 Å². The van der Waals surface area contributed by atoms with Crippen LogP contribution in [0.5, 0.6) is 0 Å². The fraction of sp³-hybridized carbons (Fsp3) is 0.526. The van der Waals surface area contributed by atoms with Gasteiger partial charge in [0.15, 0.2) is 6.23 Å². The van der Waals surface area contributed by atoms with Crippen LogP contribution < -0.4 is 0 Å². The molecule has 4 aliphatic rings. The van der Waals surface area contributed by atoms with Gasteiger partial charge in [-0.1, -0.05) is 43.3 Å². The summed E-state index contributed by atoms with van der Waals surface area (Å²) in [5, 5.41) is 0. The Morgan fingerprint density at radius 3 is 2.35 bits per heavy atom. The normalized spacial score (nSPS) is 31.0. The molecule has 23 heavy (non-hydrogen) atoms. The van der Waals surface area contributed by atoms with E-state index in [1.165, 1.54) is 0 Å². The summed E-state index contributed by atoms with van der Waals surface area (Å²) in [6.45, 7) is 6.27. The van der Waals surface area contributed by atoms with E-state index in [0.717, 1.165) is 56.3 Å². The zero-order chi connectivity index (χ0) is 15.2. The van der Waals surface area contributed by atoms with E-state index in [1.54, 1.807) is 0 Å². The number of fused-ring (bicyclic) bond motifs is 3. The molecule has 3 aliphatic heterocycles. The molecule has 4 heteroatoms. The van der Waals surface area contributed by atoms with E-state index in [2.05, 4.69) is 23.6 Å². The first kappa shape index (κ1) is 16.5. The zero-order valence-electron chi connectivity index (χ0n) is 13.4. The van der Waals surface area contributed by atoms with E-state index in [0.29, 0.717) is 5.92 Å². The molecule has 4 fully saturated rings. The van der Waals surface area contributed by atoms with Crippen molar-refractivity contribution in [3.05, 3.63) is 48.0 Å². The third-order valence-electron chi connectivity index (χ3n) is 5.85. The molecule has 3 nitrogen and oxygen atoms in total. The number of hydrogen-bond donors (Lipinski definition) is 0. The van der Waals surface area contributed by atoms with E-state index >= 15 is 0 Å². The maximum atomic E-state index is 12.9. The number of hydrogen-bond acceptors (Lipinski definition) is 3. The lowest BCUT2D eigenvalue weighted by atomic mass is 9.64. The van der Waals surface area contributed by atoms with Crippen LogP contribution in [0.4, 0.5) is 0 Å². The summed E-state index contributed by atoms with van der Waals surface area (Å²) in [5.41, 5.74) is 1.79. The van der Waals surface area contributed by atoms with Crippen molar-refractivity contribution >= 4 is 18.4 Å². The molecule has 0 radical (unpaired) electrons. The first-order valence-electron chi connectivity index (χ1n) is 8.40. The number of ether oxygens (including phenoxy) is 1. The van der Waals surface area contributed by atoms with Crippen LogP contribution in [0.1, 0.15) is 37.7 Å². The minimum absolute atomic E-state index is 0. The highest BCUT2D eigenvalue weighted by atomic mass is 35.5. The molecule has 0 aromatic heterocycles. The van der Waals surface area contributed by atoms with Crippen molar-refractivity contribution in [1.29, 1.82) is 0 Å². The Balaban J connectivity index is 0.00000156. The molecular formula is C19H24ClNO2. The van der Waals surface area contributed by atoms with Crippen molar-refractivity contribution in [2.45, 2.75) is 43.7 Å². The van der Waals surface area contributed by atoms with E-state index < -0.39 is 5.41 Å². The summed E-state index contributed by atoms with van der Waals surface area (Å²) in [4.78, 5) is 15.2. The highest BCUT2D eigenvalue weighted by Crippen LogP contribution is 2.46. The van der Waals surface area contributed by atoms with Crippen molar-refractivity contribution in [1.82, 2.24) is 4.90 Å². The minimum Gasteiger partial charge on any atom is -0.442 e. The molecule has 1 saturated carbocycles. The average molecular weight is 334 g/mol. The van der Waals surface area contributed by atoms with E-state index in [4.69, 9.17) is 4.74 Å². The van der Waals surface area contributed by atoms with Crippen LogP contribution in [0.2, 0.25) is 0 Å². The topological polar surface area (TPSA) is 29.5 Å². The quantitative estimate of drug-likeness (QED) is 0.624. The van der Waals surface area contributed by atoms with Crippen molar-refractivity contribution in [2.75, 3.05) is 13.1 Å². The van der Waals surface area contributed by atoms with E-state index in [-0.39, 0.29) is 24.6 Å². The molecule has 1 aliphatic carbocycles. The van der Waals surface area contributed by atoms with Crippen molar-refractivity contribution < 1.29 is 9.53 Å². The van der Waals surface area contributed by atoms with Crippen molar-refractivity contribution in [3.8, 4) is 0 Å². The third kappa shape index (κ3) is 2.60. The number of carbonyl (C=O) groups excluding carboxylic acids is 1. The van der Waals surface area contributed by atoms with Gasteiger partial charge in [0, 0.05) is 13.1 Å². The molecule has 1 unspecified atom stereocenters. The van der Waals surface area contributed by atoms with Crippen LogP contribution in [-0.2, 0) is 14.9 Å². The molecule has 1 aromatic carbocycles. The van der Waals surface area contributed by atoms with Crippen molar-refractivity contribution in [2.24, 2.45) is 5.92 Å². The Hall–Kier alpha value is -1.32. The zero-order valence-corrected chi connectivity index (χ0v) is 14.2. The van der Waals surface area contributed by atoms with Crippen LogP contribution in [0.25, 0.3) is 0 Å². The molecule has 3 heterocycles. The predicted molar refractivity (Wildman–Crippen MR) is 92.5 cm³/mol. The Morgan fingerprint density at radius 1 is 1.17 bits per heavy atom. The SMILES string of the molecule is C=C1C2CCN(CC2)C1OC(=O)C1(c2ccccc2)CCC1.Cl. The Labute approximate surface area is 144 Å². The average Bonchev–Trinajstić information content (AvgIpc) is 2.51. The fourth-order valence-corrected chi connectivity index (χ4v) is 4.20. The van der Waals surface area contributed by atoms with Crippen LogP contribution in [-0.4, -0.2) is 30.2 Å². The lowest BCUT2D eigenvalue weighted by molar-refractivity contribution is -0.172. The molecule has 0 spiro atoms. The van der Waals surface area contributed by atoms with Crippen LogP contribution in [0, 0.1) is 5.92 Å². The number of carbonyl (C=O) groups is 1. The molecule has 124 valence electrons. The first-order valence-corrected chi connectivity index (χ1v) is 8.40. The molecule has 1 aromatic rings. The van der Waals surface area contributed by atoms with Crippen molar-refractivity contribution in [3.63, 3.8) is 0 Å². The van der Waals surface area contributed by atoms with Gasteiger partial charge >= 0.3 is 5.97 Å². The van der Waals surface area contributed by atoms with Crippen LogP contribution in [0.15, 0.2) is 42.5 Å². The van der Waals surface area contributed by atoms with Gasteiger partial charge in [0.25, 0.3) is 0 Å². The number of nitrogens with zero attached hydrogens (tertiary/aromatic N) is 1. The molecule has 2 bridgehead atoms. The minimum atomic E-state index is -0.417. The standard InChI is InChI=1S/C19H23NO2.ClH/c1-14-15-8-12-20(13-9-15)17(14)22-18(21)19(10-5-11-19)16-6-3-2-4-7-16;/h2-4,6-7,15,17H,1,5,8-13H2;1H. The second-order valence-corrected chi connectivity index (χ2v) is 6.94. The van der Waals surface area contributed by atoms with E-state index in [1.807, 2.05) is 18.2 Å². The molecule has 0 amide bonds. The van der Waals surface area contributed by atoms with Gasteiger partial charge < -0.3 is 4.74 Å². The van der Waals surface area contributed by atoms with Gasteiger partial charge in [-0.05, 0) is 42.7 Å². The Kier molecular flexibility index (Phi) is 4.52. The summed E-state index contributed by atoms with van der Waals surface area (Å²) in [6.07, 6.45) is 5.04. The number of rotatable bonds is 3. The molecular weight excluding hydrogens is 310 g/mol. The molecule has 3 saturated heterocycles. The van der Waals surface area contributed by atoms with Gasteiger partial charge in [0.05, 0.1) is 5.41 Å². The van der Waals surface area contributed by atoms with Gasteiger partial charge in [-0.3, -0.25) is 9.69 Å². The Bertz CT molecular complexity index is 589. The van der Waals surface area contributed by atoms with Gasteiger partial charge in [-0.15, -0.1) is 12.4 Å². The summed E-state index contributed by atoms with van der Waals surface area (Å²) >= 11 is 0. The van der Waals surface area contributed by atoms with Gasteiger partial charge in [-0.2, -0.15) is 0 Å². The predicted octanol–water partition coefficient (Wildman–Crippen LogP) is 3.68. The summed E-state index contributed by atoms with van der Waals surface area (Å²) in [6, 6.07) is 10.1. The molecule has 5 rings (SSSR count). The lowest BCUT2D eigenvalue weighted by Crippen LogP contribution is -2.54. The second kappa shape index (κ2) is 6.29. The second-order valence-electron chi connectivity index (χ2n) is 6.94. The first-order chi connectivity index (χ1) is 10.7. The summed E-state index contributed by atoms with van der Waals surface area (Å²) in [5.74, 6) is 0.487. The van der Waals surface area contributed by atoms with Gasteiger partial charge in [0.1, 0.15) is 0 Å². The summed E-state index contributed by atoms with van der Waals surface area (Å²) in [7, 11) is 0. The highest BCUT2D eigenvalue weighted by Gasteiger charge is 2.49. The molecule has 0 N–H and O–H groups in total. The van der Waals surface area contributed by atoms with Gasteiger partial charge in [0.2, 0.25) is 0 Å². The number of esters is 1. The monoisotopic (exact) mass is 333 g/mol. The van der Waals surface area contributed by atoms with E-state index in [9.17, 15) is 4.79 Å². The highest BCUT2D eigenvalue weighted by molar-refractivity contribution is 5.85. The molecule has 1 atom stereocenters. The maximum absolute atomic E-state index is 12.9. The Morgan fingerprint density at radius 2 is 1.83 bits per heavy atom. The largest absolute Gasteiger partial charge is 0.442 e. The maximum Gasteiger partial charge on any atom is 0.318 e. The smallest absolute Gasteiger partial charge is 0.318 e. The van der Waals surface area contributed by atoms with Crippen LogP contribution >= 0.6 is 12.4 Å². The fourth-order valence-electron chi connectivity index (χ4n) is 4.20. The summed E-state index contributed by atoms with van der Waals surface area (Å²) < 4.78 is 5.99. The third-order valence-corrected chi connectivity index (χ3v) is 5.85. The lowest BCUT2D eigenvalue weighted by Gasteiger charge is -2.48. The number of benzene rings is 1. The number of halogens is 1. The number of piperidine rings is 3.